The summed E-state index contributed by atoms with van der Waals surface area (Å²) < 4.78 is 5.62. The molecule has 18 heavy (non-hydrogen) atoms. The van der Waals surface area contributed by atoms with Crippen LogP contribution in [0, 0.1) is 5.92 Å². The van der Waals surface area contributed by atoms with Crippen LogP contribution in [0.5, 0.6) is 5.75 Å². The van der Waals surface area contributed by atoms with Gasteiger partial charge in [0.1, 0.15) is 12.4 Å². The second-order valence-corrected chi connectivity index (χ2v) is 5.10. The Hall–Kier alpha value is -1.55. The number of nitrogens with one attached hydrogen (secondary N) is 1. The van der Waals surface area contributed by atoms with Crippen molar-refractivity contribution < 1.29 is 9.53 Å². The van der Waals surface area contributed by atoms with Crippen molar-refractivity contribution >= 4 is 5.91 Å². The van der Waals surface area contributed by atoms with Crippen molar-refractivity contribution in [3.05, 3.63) is 29.8 Å². The molecule has 3 N–H and O–H groups in total. The first-order valence-electron chi connectivity index (χ1n) is 6.34. The molecule has 0 bridgehead atoms. The minimum atomic E-state index is -0.456. The van der Waals surface area contributed by atoms with Gasteiger partial charge in [0.25, 0.3) is 0 Å². The molecule has 4 heteroatoms. The van der Waals surface area contributed by atoms with E-state index >= 15 is 0 Å². The van der Waals surface area contributed by atoms with Crippen molar-refractivity contribution in [3.8, 4) is 5.75 Å². The molecule has 1 aliphatic heterocycles. The van der Waals surface area contributed by atoms with Crippen LogP contribution in [0.4, 0.5) is 0 Å². The Kier molecular flexibility index (Phi) is 3.87. The summed E-state index contributed by atoms with van der Waals surface area (Å²) in [5, 5.41) is 2.95. The maximum atomic E-state index is 11.9. The van der Waals surface area contributed by atoms with Gasteiger partial charge in [0.15, 0.2) is 0 Å². The zero-order chi connectivity index (χ0) is 13.1. The van der Waals surface area contributed by atoms with Gasteiger partial charge in [-0.05, 0) is 24.0 Å². The number of hydrogen-bond donors (Lipinski definition) is 2. The van der Waals surface area contributed by atoms with Crippen LogP contribution in [0.3, 0.4) is 0 Å². The Morgan fingerprint density at radius 2 is 2.17 bits per heavy atom. The molecule has 0 saturated carbocycles. The highest BCUT2D eigenvalue weighted by molar-refractivity contribution is 5.82. The smallest absolute Gasteiger partial charge is 0.237 e. The van der Waals surface area contributed by atoms with Crippen LogP contribution in [0.15, 0.2) is 24.3 Å². The minimum Gasteiger partial charge on any atom is -0.491 e. The quantitative estimate of drug-likeness (QED) is 0.841. The fraction of sp³-hybridized carbons (Fsp3) is 0.500. The predicted molar refractivity (Wildman–Crippen MR) is 70.4 cm³/mol. The lowest BCUT2D eigenvalue weighted by Gasteiger charge is -2.27. The van der Waals surface area contributed by atoms with Gasteiger partial charge in [0, 0.05) is 0 Å². The van der Waals surface area contributed by atoms with E-state index in [0.717, 1.165) is 17.7 Å². The summed E-state index contributed by atoms with van der Waals surface area (Å²) in [5.74, 6) is 0.955. The number of hydrogen-bond acceptors (Lipinski definition) is 3. The number of fused-ring (bicyclic) bond motifs is 1. The summed E-state index contributed by atoms with van der Waals surface area (Å²) in [7, 11) is 0. The second kappa shape index (κ2) is 5.40. The molecule has 1 heterocycles. The van der Waals surface area contributed by atoms with E-state index in [0.29, 0.717) is 6.61 Å². The van der Waals surface area contributed by atoms with Gasteiger partial charge < -0.3 is 15.8 Å². The number of amides is 1. The minimum absolute atomic E-state index is 0.0113. The molecule has 2 rings (SSSR count). The molecule has 1 aromatic carbocycles. The number of ether oxygens (including phenoxy) is 1. The van der Waals surface area contributed by atoms with Crippen LogP contribution in [0.2, 0.25) is 0 Å². The van der Waals surface area contributed by atoms with Crippen molar-refractivity contribution in [2.45, 2.75) is 32.4 Å². The molecule has 0 aromatic heterocycles. The summed E-state index contributed by atoms with van der Waals surface area (Å²) in [6.45, 7) is 4.39. The fourth-order valence-corrected chi connectivity index (χ4v) is 2.02. The Bertz CT molecular complexity index is 432. The largest absolute Gasteiger partial charge is 0.491 e. The monoisotopic (exact) mass is 248 g/mol. The molecule has 0 radical (unpaired) electrons. The van der Waals surface area contributed by atoms with Gasteiger partial charge in [-0.1, -0.05) is 32.0 Å². The van der Waals surface area contributed by atoms with Crippen molar-refractivity contribution in [1.29, 1.82) is 0 Å². The standard InChI is InChI=1S/C14H20N2O2/c1-9(2)13(15)14(17)16-11-7-10-5-3-4-6-12(10)18-8-11/h3-6,9,11,13H,7-8,15H2,1-2H3,(H,16,17)/t11?,13-/m0/s1. The van der Waals surface area contributed by atoms with E-state index in [9.17, 15) is 4.79 Å². The van der Waals surface area contributed by atoms with E-state index < -0.39 is 6.04 Å². The number of rotatable bonds is 3. The van der Waals surface area contributed by atoms with E-state index in [1.54, 1.807) is 0 Å². The summed E-state index contributed by atoms with van der Waals surface area (Å²) in [4.78, 5) is 11.9. The first-order valence-corrected chi connectivity index (χ1v) is 6.34. The van der Waals surface area contributed by atoms with Crippen LogP contribution < -0.4 is 15.8 Å². The van der Waals surface area contributed by atoms with Crippen molar-refractivity contribution in [2.24, 2.45) is 11.7 Å². The number of carbonyl (C=O) groups is 1. The molecule has 1 unspecified atom stereocenters. The molecule has 2 atom stereocenters. The molecular weight excluding hydrogens is 228 g/mol. The van der Waals surface area contributed by atoms with Gasteiger partial charge in [0.05, 0.1) is 12.1 Å². The average molecular weight is 248 g/mol. The Labute approximate surface area is 108 Å². The van der Waals surface area contributed by atoms with Crippen LogP contribution in [-0.4, -0.2) is 24.6 Å². The first-order chi connectivity index (χ1) is 8.58. The van der Waals surface area contributed by atoms with E-state index in [4.69, 9.17) is 10.5 Å². The van der Waals surface area contributed by atoms with Crippen LogP contribution in [0.1, 0.15) is 19.4 Å². The zero-order valence-electron chi connectivity index (χ0n) is 10.8. The third-order valence-corrected chi connectivity index (χ3v) is 3.25. The molecule has 4 nitrogen and oxygen atoms in total. The van der Waals surface area contributed by atoms with Crippen molar-refractivity contribution in [3.63, 3.8) is 0 Å². The molecule has 0 fully saturated rings. The Morgan fingerprint density at radius 3 is 2.89 bits per heavy atom. The van der Waals surface area contributed by atoms with Crippen LogP contribution >= 0.6 is 0 Å². The SMILES string of the molecule is CC(C)[C@H](N)C(=O)NC1COc2ccccc2C1. The van der Waals surface area contributed by atoms with Gasteiger partial charge in [-0.2, -0.15) is 0 Å². The number of nitrogens with two attached hydrogens (primary N) is 1. The summed E-state index contributed by atoms with van der Waals surface area (Å²) in [6.07, 6.45) is 0.798. The van der Waals surface area contributed by atoms with Gasteiger partial charge in [-0.3, -0.25) is 4.79 Å². The number of para-hydroxylation sites is 1. The topological polar surface area (TPSA) is 64.4 Å². The fourth-order valence-electron chi connectivity index (χ4n) is 2.02. The van der Waals surface area contributed by atoms with Crippen molar-refractivity contribution in [1.82, 2.24) is 5.32 Å². The highest BCUT2D eigenvalue weighted by Gasteiger charge is 2.24. The van der Waals surface area contributed by atoms with E-state index in [1.807, 2.05) is 38.1 Å². The molecular formula is C14H20N2O2. The van der Waals surface area contributed by atoms with Crippen LogP contribution in [0.25, 0.3) is 0 Å². The van der Waals surface area contributed by atoms with Crippen LogP contribution in [-0.2, 0) is 11.2 Å². The number of carbonyl (C=O) groups excluding carboxylic acids is 1. The average Bonchev–Trinajstić information content (AvgIpc) is 2.37. The zero-order valence-corrected chi connectivity index (χ0v) is 10.8. The molecule has 1 amide bonds. The van der Waals surface area contributed by atoms with Gasteiger partial charge in [-0.15, -0.1) is 0 Å². The first kappa shape index (κ1) is 12.9. The molecule has 1 aliphatic rings. The molecule has 0 spiro atoms. The number of benzene rings is 1. The Balaban J connectivity index is 1.96. The third kappa shape index (κ3) is 2.82. The maximum Gasteiger partial charge on any atom is 0.237 e. The summed E-state index contributed by atoms with van der Waals surface area (Å²) >= 11 is 0. The third-order valence-electron chi connectivity index (χ3n) is 3.25. The lowest BCUT2D eigenvalue weighted by molar-refractivity contribution is -0.124. The van der Waals surface area contributed by atoms with Gasteiger partial charge >= 0.3 is 0 Å². The second-order valence-electron chi connectivity index (χ2n) is 5.10. The van der Waals surface area contributed by atoms with Gasteiger partial charge in [0.2, 0.25) is 5.91 Å². The lowest BCUT2D eigenvalue weighted by atomic mass is 10.0. The highest BCUT2D eigenvalue weighted by atomic mass is 16.5. The molecule has 0 aliphatic carbocycles. The molecule has 1 aromatic rings. The maximum absolute atomic E-state index is 11.9. The van der Waals surface area contributed by atoms with Gasteiger partial charge in [-0.25, -0.2) is 0 Å². The normalized spacial score (nSPS) is 19.9. The Morgan fingerprint density at radius 1 is 1.44 bits per heavy atom. The van der Waals surface area contributed by atoms with E-state index in [-0.39, 0.29) is 17.9 Å². The van der Waals surface area contributed by atoms with Crippen molar-refractivity contribution in [2.75, 3.05) is 6.61 Å². The van der Waals surface area contributed by atoms with E-state index in [1.165, 1.54) is 0 Å². The van der Waals surface area contributed by atoms with E-state index in [2.05, 4.69) is 5.32 Å². The molecule has 98 valence electrons. The summed E-state index contributed by atoms with van der Waals surface area (Å²) in [6, 6.07) is 7.46. The lowest BCUT2D eigenvalue weighted by Crippen LogP contribution is -2.51. The highest BCUT2D eigenvalue weighted by Crippen LogP contribution is 2.23. The predicted octanol–water partition coefficient (Wildman–Crippen LogP) is 1.09. The molecule has 0 saturated heterocycles. The summed E-state index contributed by atoms with van der Waals surface area (Å²) in [5.41, 5.74) is 6.95.